The Morgan fingerprint density at radius 1 is 1.12 bits per heavy atom. The van der Waals surface area contributed by atoms with Crippen molar-refractivity contribution in [2.24, 2.45) is 0 Å². The number of rotatable bonds is 8. The zero-order chi connectivity index (χ0) is 23.2. The molecule has 1 atom stereocenters. The zero-order valence-electron chi connectivity index (χ0n) is 19.4. The maximum absolute atomic E-state index is 13.5. The number of H-pyrrole nitrogens is 1. The van der Waals surface area contributed by atoms with E-state index in [2.05, 4.69) is 15.5 Å². The third-order valence-electron chi connectivity index (χ3n) is 6.26. The van der Waals surface area contributed by atoms with Gasteiger partial charge in [0.2, 0.25) is 5.91 Å². The minimum Gasteiger partial charge on any atom is -0.493 e. The summed E-state index contributed by atoms with van der Waals surface area (Å²) in [4.78, 5) is 13.5. The second kappa shape index (κ2) is 10.5. The van der Waals surface area contributed by atoms with Gasteiger partial charge in [-0.05, 0) is 43.0 Å². The molecule has 1 saturated heterocycles. The lowest BCUT2D eigenvalue weighted by molar-refractivity contribution is -0.117. The van der Waals surface area contributed by atoms with Crippen molar-refractivity contribution >= 4 is 11.6 Å². The van der Waals surface area contributed by atoms with Gasteiger partial charge < -0.3 is 19.5 Å². The van der Waals surface area contributed by atoms with Crippen LogP contribution in [-0.2, 0) is 9.53 Å². The number of carbonyl (C=O) groups is 1. The smallest absolute Gasteiger partial charge is 0.232 e. The zero-order valence-corrected chi connectivity index (χ0v) is 19.4. The lowest BCUT2D eigenvalue weighted by Crippen LogP contribution is -2.22. The fourth-order valence-electron chi connectivity index (χ4n) is 4.42. The SMILES string of the molecule is CCC(C(=O)Nc1c(-c2ccc(OC)c(OC)c2)n[nH]c1C1CCOCC1)c1ccccc1. The van der Waals surface area contributed by atoms with Gasteiger partial charge in [-0.2, -0.15) is 5.10 Å². The Labute approximate surface area is 194 Å². The largest absolute Gasteiger partial charge is 0.493 e. The summed E-state index contributed by atoms with van der Waals surface area (Å²) in [5.41, 5.74) is 4.20. The molecule has 0 bridgehead atoms. The van der Waals surface area contributed by atoms with Crippen LogP contribution in [0, 0.1) is 0 Å². The number of benzene rings is 2. The van der Waals surface area contributed by atoms with Gasteiger partial charge in [0.05, 0.1) is 31.5 Å². The minimum absolute atomic E-state index is 0.0415. The average Bonchev–Trinajstić information content (AvgIpc) is 3.28. The number of ether oxygens (including phenoxy) is 3. The van der Waals surface area contributed by atoms with Crippen molar-refractivity contribution in [1.29, 1.82) is 0 Å². The van der Waals surface area contributed by atoms with Crippen LogP contribution >= 0.6 is 0 Å². The molecule has 1 amide bonds. The fourth-order valence-corrected chi connectivity index (χ4v) is 4.42. The molecule has 1 aliphatic heterocycles. The Morgan fingerprint density at radius 3 is 2.52 bits per heavy atom. The van der Waals surface area contributed by atoms with Gasteiger partial charge in [-0.1, -0.05) is 37.3 Å². The molecule has 2 aromatic carbocycles. The van der Waals surface area contributed by atoms with Crippen molar-refractivity contribution < 1.29 is 19.0 Å². The molecule has 3 aromatic rings. The highest BCUT2D eigenvalue weighted by Crippen LogP contribution is 2.40. The number of nitrogens with one attached hydrogen (secondary N) is 2. The average molecular weight is 450 g/mol. The summed E-state index contributed by atoms with van der Waals surface area (Å²) >= 11 is 0. The van der Waals surface area contributed by atoms with Crippen molar-refractivity contribution in [3.8, 4) is 22.8 Å². The van der Waals surface area contributed by atoms with E-state index in [9.17, 15) is 4.79 Å². The summed E-state index contributed by atoms with van der Waals surface area (Å²) in [6, 6.07) is 15.5. The molecule has 0 aliphatic carbocycles. The standard InChI is InChI=1S/C26H31N3O4/c1-4-20(17-8-6-5-7-9-17)26(30)27-25-23(18-12-14-33-15-13-18)28-29-24(25)19-10-11-21(31-2)22(16-19)32-3/h5-11,16,18,20H,4,12-15H2,1-3H3,(H,27,30)(H,28,29). The van der Waals surface area contributed by atoms with Crippen LogP contribution < -0.4 is 14.8 Å². The van der Waals surface area contributed by atoms with Gasteiger partial charge in [0.1, 0.15) is 5.69 Å². The quantitative estimate of drug-likeness (QED) is 0.499. The summed E-state index contributed by atoms with van der Waals surface area (Å²) in [6.45, 7) is 3.43. The Morgan fingerprint density at radius 2 is 1.85 bits per heavy atom. The van der Waals surface area contributed by atoms with Crippen LogP contribution in [0.25, 0.3) is 11.3 Å². The molecule has 1 unspecified atom stereocenters. The van der Waals surface area contributed by atoms with Crippen LogP contribution in [0.15, 0.2) is 48.5 Å². The van der Waals surface area contributed by atoms with Gasteiger partial charge in [0.15, 0.2) is 11.5 Å². The molecule has 174 valence electrons. The molecule has 1 aliphatic rings. The maximum atomic E-state index is 13.5. The Hall–Kier alpha value is -3.32. The van der Waals surface area contributed by atoms with Gasteiger partial charge >= 0.3 is 0 Å². The van der Waals surface area contributed by atoms with Gasteiger partial charge in [-0.25, -0.2) is 0 Å². The van der Waals surface area contributed by atoms with Crippen LogP contribution in [0.5, 0.6) is 11.5 Å². The number of methoxy groups -OCH3 is 2. The molecular formula is C26H31N3O4. The van der Waals surface area contributed by atoms with E-state index in [1.54, 1.807) is 14.2 Å². The summed E-state index contributed by atoms with van der Waals surface area (Å²) in [5.74, 6) is 1.20. The summed E-state index contributed by atoms with van der Waals surface area (Å²) < 4.78 is 16.4. The number of nitrogens with zero attached hydrogens (tertiary/aromatic N) is 1. The van der Waals surface area contributed by atoms with Gasteiger partial charge in [-0.3, -0.25) is 9.89 Å². The van der Waals surface area contributed by atoms with Crippen molar-refractivity contribution in [3.05, 3.63) is 59.8 Å². The Balaban J connectivity index is 1.73. The first-order valence-electron chi connectivity index (χ1n) is 11.4. The molecular weight excluding hydrogens is 418 g/mol. The van der Waals surface area contributed by atoms with Crippen LogP contribution in [0.4, 0.5) is 5.69 Å². The summed E-state index contributed by atoms with van der Waals surface area (Å²) in [7, 11) is 3.21. The molecule has 2 heterocycles. The van der Waals surface area contributed by atoms with Gasteiger partial charge in [0, 0.05) is 24.7 Å². The van der Waals surface area contributed by atoms with Crippen LogP contribution in [-0.4, -0.2) is 43.5 Å². The molecule has 2 N–H and O–H groups in total. The van der Waals surface area contributed by atoms with Gasteiger partial charge in [0.25, 0.3) is 0 Å². The highest BCUT2D eigenvalue weighted by atomic mass is 16.5. The lowest BCUT2D eigenvalue weighted by Gasteiger charge is -2.23. The van der Waals surface area contributed by atoms with Crippen LogP contribution in [0.2, 0.25) is 0 Å². The van der Waals surface area contributed by atoms with E-state index in [1.165, 1.54) is 0 Å². The number of carbonyl (C=O) groups excluding carboxylic acids is 1. The van der Waals surface area contributed by atoms with E-state index in [1.807, 2.05) is 55.5 Å². The van der Waals surface area contributed by atoms with Crippen molar-refractivity contribution in [2.75, 3.05) is 32.8 Å². The number of hydrogen-bond donors (Lipinski definition) is 2. The van der Waals surface area contributed by atoms with E-state index < -0.39 is 0 Å². The normalized spacial score (nSPS) is 15.1. The fraction of sp³-hybridized carbons (Fsp3) is 0.385. The van der Waals surface area contributed by atoms with E-state index in [-0.39, 0.29) is 17.7 Å². The molecule has 1 aromatic heterocycles. The monoisotopic (exact) mass is 449 g/mol. The van der Waals surface area contributed by atoms with Crippen molar-refractivity contribution in [3.63, 3.8) is 0 Å². The third-order valence-corrected chi connectivity index (χ3v) is 6.26. The van der Waals surface area contributed by atoms with Gasteiger partial charge in [-0.15, -0.1) is 0 Å². The Bertz CT molecular complexity index is 1070. The molecule has 7 heteroatoms. The first kappa shape index (κ1) is 22.9. The maximum Gasteiger partial charge on any atom is 0.232 e. The first-order valence-corrected chi connectivity index (χ1v) is 11.4. The lowest BCUT2D eigenvalue weighted by atomic mass is 9.93. The Kier molecular flexibility index (Phi) is 7.29. The third kappa shape index (κ3) is 4.88. The van der Waals surface area contributed by atoms with Crippen molar-refractivity contribution in [1.82, 2.24) is 10.2 Å². The number of aromatic nitrogens is 2. The summed E-state index contributed by atoms with van der Waals surface area (Å²) in [5, 5.41) is 11.1. The molecule has 1 fully saturated rings. The molecule has 33 heavy (non-hydrogen) atoms. The van der Waals surface area contributed by atoms with Crippen LogP contribution in [0.1, 0.15) is 49.3 Å². The second-order valence-corrected chi connectivity index (χ2v) is 8.18. The highest BCUT2D eigenvalue weighted by Gasteiger charge is 2.28. The minimum atomic E-state index is -0.248. The second-order valence-electron chi connectivity index (χ2n) is 8.18. The highest BCUT2D eigenvalue weighted by molar-refractivity contribution is 5.99. The first-order chi connectivity index (χ1) is 16.2. The van der Waals surface area contributed by atoms with E-state index in [4.69, 9.17) is 14.2 Å². The van der Waals surface area contributed by atoms with Crippen molar-refractivity contribution in [2.45, 2.75) is 38.0 Å². The number of hydrogen-bond acceptors (Lipinski definition) is 5. The van der Waals surface area contributed by atoms with E-state index in [0.29, 0.717) is 36.8 Å². The molecule has 0 radical (unpaired) electrons. The number of amides is 1. The predicted molar refractivity (Wildman–Crippen MR) is 128 cm³/mol. The number of aromatic amines is 1. The molecule has 0 saturated carbocycles. The topological polar surface area (TPSA) is 85.5 Å². The molecule has 4 rings (SSSR count). The summed E-state index contributed by atoms with van der Waals surface area (Å²) in [6.07, 6.45) is 2.46. The van der Waals surface area contributed by atoms with E-state index >= 15 is 0 Å². The van der Waals surface area contributed by atoms with E-state index in [0.717, 1.165) is 35.3 Å². The molecule has 7 nitrogen and oxygen atoms in total. The predicted octanol–water partition coefficient (Wildman–Crippen LogP) is 5.12. The molecule has 0 spiro atoms. The van der Waals surface area contributed by atoms with Crippen LogP contribution in [0.3, 0.4) is 0 Å². The number of anilines is 1.